The Morgan fingerprint density at radius 1 is 0.676 bits per heavy atom. The number of aryl methyl sites for hydroxylation is 2. The standard InChI is InChI=1S/C34H29N2Si/c1-23-16-18-28-29-19-17-27(22-35)32(26-14-10-13-25(21-26)24-11-6-5-7-12-24)34(29)37(3,4)33(28)31(23)30-15-8-9-20-36(30)2/h5-21H,1-4H3/q+1. The summed E-state index contributed by atoms with van der Waals surface area (Å²) in [6.07, 6.45) is 2.12. The van der Waals surface area contributed by atoms with Crippen LogP contribution in [0.2, 0.25) is 13.1 Å². The van der Waals surface area contributed by atoms with Crippen molar-refractivity contribution in [2.75, 3.05) is 0 Å². The molecule has 0 spiro atoms. The van der Waals surface area contributed by atoms with Crippen molar-refractivity contribution in [3.8, 4) is 50.7 Å². The first-order chi connectivity index (χ1) is 17.9. The van der Waals surface area contributed by atoms with Gasteiger partial charge in [0.1, 0.15) is 15.1 Å². The molecule has 5 aromatic rings. The van der Waals surface area contributed by atoms with Gasteiger partial charge >= 0.3 is 0 Å². The molecule has 0 saturated heterocycles. The van der Waals surface area contributed by atoms with Crippen molar-refractivity contribution in [3.63, 3.8) is 0 Å². The molecule has 2 nitrogen and oxygen atoms in total. The smallest absolute Gasteiger partial charge is 0.201 e. The van der Waals surface area contributed by atoms with E-state index in [1.54, 1.807) is 0 Å². The average molecular weight is 494 g/mol. The Morgan fingerprint density at radius 3 is 2.05 bits per heavy atom. The summed E-state index contributed by atoms with van der Waals surface area (Å²) in [7, 11) is -0.0751. The Labute approximate surface area is 220 Å². The van der Waals surface area contributed by atoms with Crippen molar-refractivity contribution in [3.05, 3.63) is 114 Å². The SMILES string of the molecule is Cc1ccc2c(c1-c1cccc[n+]1C)[Si](C)(C)c1c-2ccc(C#N)c1-c1cccc(-c2ccccc2)c1. The summed E-state index contributed by atoms with van der Waals surface area (Å²) < 4.78 is 2.22. The third-order valence-corrected chi connectivity index (χ3v) is 11.4. The zero-order chi connectivity index (χ0) is 25.7. The van der Waals surface area contributed by atoms with E-state index in [0.29, 0.717) is 0 Å². The zero-order valence-electron chi connectivity index (χ0n) is 21.7. The first-order valence-corrected chi connectivity index (χ1v) is 15.7. The van der Waals surface area contributed by atoms with Crippen molar-refractivity contribution in [2.45, 2.75) is 20.0 Å². The molecule has 0 radical (unpaired) electrons. The number of aromatic nitrogens is 1. The van der Waals surface area contributed by atoms with E-state index >= 15 is 0 Å². The number of hydrogen-bond acceptors (Lipinski definition) is 1. The Kier molecular flexibility index (Phi) is 5.44. The number of hydrogen-bond donors (Lipinski definition) is 0. The third-order valence-electron chi connectivity index (χ3n) is 7.85. The van der Waals surface area contributed by atoms with Crippen LogP contribution in [0, 0.1) is 18.3 Å². The van der Waals surface area contributed by atoms with Crippen LogP contribution in [0.15, 0.2) is 103 Å². The quantitative estimate of drug-likeness (QED) is 0.208. The van der Waals surface area contributed by atoms with Gasteiger partial charge in [-0.1, -0.05) is 79.8 Å². The van der Waals surface area contributed by atoms with Crippen LogP contribution in [0.5, 0.6) is 0 Å². The molecule has 0 fully saturated rings. The molecule has 1 aliphatic rings. The fourth-order valence-corrected chi connectivity index (χ4v) is 10.1. The fraction of sp³-hybridized carbons (Fsp3) is 0.118. The van der Waals surface area contributed by atoms with Gasteiger partial charge < -0.3 is 0 Å². The lowest BCUT2D eigenvalue weighted by molar-refractivity contribution is -0.660. The minimum absolute atomic E-state index is 0.751. The number of nitriles is 1. The first kappa shape index (κ1) is 23.2. The lowest BCUT2D eigenvalue weighted by Gasteiger charge is -2.25. The topological polar surface area (TPSA) is 27.7 Å². The molecule has 178 valence electrons. The Balaban J connectivity index is 1.64. The van der Waals surface area contributed by atoms with E-state index in [-0.39, 0.29) is 0 Å². The first-order valence-electron chi connectivity index (χ1n) is 12.7. The molecule has 3 heteroatoms. The molecule has 0 atom stereocenters. The van der Waals surface area contributed by atoms with Crippen LogP contribution in [-0.4, -0.2) is 8.07 Å². The maximum Gasteiger partial charge on any atom is 0.212 e. The summed E-state index contributed by atoms with van der Waals surface area (Å²) in [5.41, 5.74) is 11.8. The van der Waals surface area contributed by atoms with E-state index < -0.39 is 8.07 Å². The van der Waals surface area contributed by atoms with E-state index in [1.165, 1.54) is 49.4 Å². The van der Waals surface area contributed by atoms with Gasteiger partial charge in [0.05, 0.1) is 11.6 Å². The molecule has 0 bridgehead atoms. The summed E-state index contributed by atoms with van der Waals surface area (Å²) in [6, 6.07) is 36.9. The maximum atomic E-state index is 10.3. The van der Waals surface area contributed by atoms with Gasteiger partial charge in [0.15, 0.2) is 6.20 Å². The third kappa shape index (κ3) is 3.56. The van der Waals surface area contributed by atoms with Crippen LogP contribution in [-0.2, 0) is 7.05 Å². The lowest BCUT2D eigenvalue weighted by atomic mass is 9.91. The normalized spacial score (nSPS) is 13.1. The van der Waals surface area contributed by atoms with Crippen LogP contribution in [0.25, 0.3) is 44.6 Å². The maximum absolute atomic E-state index is 10.3. The fourth-order valence-electron chi connectivity index (χ4n) is 6.17. The van der Waals surface area contributed by atoms with Gasteiger partial charge in [-0.25, -0.2) is 4.57 Å². The van der Waals surface area contributed by atoms with Gasteiger partial charge in [-0.15, -0.1) is 0 Å². The molecule has 0 saturated carbocycles. The van der Waals surface area contributed by atoms with Crippen LogP contribution < -0.4 is 14.9 Å². The molecular weight excluding hydrogens is 464 g/mol. The highest BCUT2D eigenvalue weighted by Gasteiger charge is 2.43. The summed E-state index contributed by atoms with van der Waals surface area (Å²) in [5.74, 6) is 0. The molecule has 2 heterocycles. The van der Waals surface area contributed by atoms with E-state index in [4.69, 9.17) is 0 Å². The van der Waals surface area contributed by atoms with E-state index in [9.17, 15) is 5.26 Å². The number of nitrogens with zero attached hydrogens (tertiary/aromatic N) is 2. The van der Waals surface area contributed by atoms with E-state index in [1.807, 2.05) is 12.1 Å². The molecule has 4 aromatic carbocycles. The number of fused-ring (bicyclic) bond motifs is 3. The summed E-state index contributed by atoms with van der Waals surface area (Å²) in [4.78, 5) is 0. The van der Waals surface area contributed by atoms with Crippen molar-refractivity contribution in [1.29, 1.82) is 5.26 Å². The Bertz CT molecular complexity index is 1730. The molecule has 0 amide bonds. The number of rotatable bonds is 3. The van der Waals surface area contributed by atoms with Gasteiger partial charge in [-0.05, 0) is 74.4 Å². The molecule has 0 unspecified atom stereocenters. The van der Waals surface area contributed by atoms with Gasteiger partial charge in [0.25, 0.3) is 0 Å². The molecule has 6 rings (SSSR count). The van der Waals surface area contributed by atoms with Crippen LogP contribution in [0.3, 0.4) is 0 Å². The minimum atomic E-state index is -2.20. The molecular formula is C34H29N2Si+. The Morgan fingerprint density at radius 2 is 1.32 bits per heavy atom. The zero-order valence-corrected chi connectivity index (χ0v) is 22.7. The second kappa shape index (κ2) is 8.69. The molecule has 37 heavy (non-hydrogen) atoms. The molecule has 1 aliphatic heterocycles. The Hall–Kier alpha value is -4.26. The molecule has 0 aliphatic carbocycles. The van der Waals surface area contributed by atoms with Crippen molar-refractivity contribution in [1.82, 2.24) is 0 Å². The number of benzene rings is 4. The summed E-state index contributed by atoms with van der Waals surface area (Å²) in [5, 5.41) is 13.1. The summed E-state index contributed by atoms with van der Waals surface area (Å²) in [6.45, 7) is 7.13. The molecule has 1 aromatic heterocycles. The monoisotopic (exact) mass is 493 g/mol. The lowest BCUT2D eigenvalue weighted by Crippen LogP contribution is -2.52. The summed E-state index contributed by atoms with van der Waals surface area (Å²) >= 11 is 0. The predicted octanol–water partition coefficient (Wildman–Crippen LogP) is 6.50. The van der Waals surface area contributed by atoms with Crippen molar-refractivity contribution >= 4 is 18.4 Å². The van der Waals surface area contributed by atoms with Crippen LogP contribution in [0.1, 0.15) is 11.1 Å². The minimum Gasteiger partial charge on any atom is -0.201 e. The predicted molar refractivity (Wildman–Crippen MR) is 156 cm³/mol. The van der Waals surface area contributed by atoms with Gasteiger partial charge in [0, 0.05) is 17.7 Å². The van der Waals surface area contributed by atoms with Gasteiger partial charge in [0.2, 0.25) is 5.69 Å². The van der Waals surface area contributed by atoms with Gasteiger partial charge in [-0.3, -0.25) is 0 Å². The highest BCUT2D eigenvalue weighted by Crippen LogP contribution is 2.39. The van der Waals surface area contributed by atoms with Gasteiger partial charge in [-0.2, -0.15) is 5.26 Å². The van der Waals surface area contributed by atoms with Crippen LogP contribution >= 0.6 is 0 Å². The molecule has 0 N–H and O–H groups in total. The largest absolute Gasteiger partial charge is 0.212 e. The van der Waals surface area contributed by atoms with Crippen molar-refractivity contribution < 1.29 is 4.57 Å². The number of pyridine rings is 1. The highest BCUT2D eigenvalue weighted by atomic mass is 28.3. The van der Waals surface area contributed by atoms with Crippen molar-refractivity contribution in [2.24, 2.45) is 7.05 Å². The van der Waals surface area contributed by atoms with E-state index in [0.717, 1.165) is 16.7 Å². The second-order valence-electron chi connectivity index (χ2n) is 10.5. The highest BCUT2D eigenvalue weighted by molar-refractivity contribution is 7.05. The second-order valence-corrected chi connectivity index (χ2v) is 14.7. The van der Waals surface area contributed by atoms with E-state index in [2.05, 4.69) is 129 Å². The average Bonchev–Trinajstić information content (AvgIpc) is 3.16. The van der Waals surface area contributed by atoms with Crippen LogP contribution in [0.4, 0.5) is 0 Å².